The van der Waals surface area contributed by atoms with Gasteiger partial charge >= 0.3 is 19.5 Å². The number of ether oxygens (including phenoxy) is 2. The van der Waals surface area contributed by atoms with Gasteiger partial charge in [-0.1, -0.05) is 24.3 Å². The Bertz CT molecular complexity index is 1220. The predicted molar refractivity (Wildman–Crippen MR) is 143 cm³/mol. The van der Waals surface area contributed by atoms with Crippen molar-refractivity contribution in [1.29, 1.82) is 0 Å². The second-order valence-corrected chi connectivity index (χ2v) is 11.9. The highest BCUT2D eigenvalue weighted by Crippen LogP contribution is 2.47. The quantitative estimate of drug-likeness (QED) is 0.283. The highest BCUT2D eigenvalue weighted by Gasteiger charge is 2.30. The minimum absolute atomic E-state index is 0.209. The number of carbonyl (C=O) groups is 2. The molecule has 210 valence electrons. The van der Waals surface area contributed by atoms with Gasteiger partial charge in [-0.25, -0.2) is 9.78 Å². The van der Waals surface area contributed by atoms with Crippen molar-refractivity contribution in [3.05, 3.63) is 45.9 Å². The lowest BCUT2D eigenvalue weighted by Gasteiger charge is -2.21. The van der Waals surface area contributed by atoms with Gasteiger partial charge in [0.05, 0.1) is 31.9 Å². The van der Waals surface area contributed by atoms with E-state index in [1.165, 1.54) is 11.6 Å². The van der Waals surface area contributed by atoms with Gasteiger partial charge < -0.3 is 23.4 Å². The molecule has 0 radical (unpaired) electrons. The van der Waals surface area contributed by atoms with E-state index < -0.39 is 36.3 Å². The van der Waals surface area contributed by atoms with Crippen LogP contribution in [-0.4, -0.2) is 66.5 Å². The van der Waals surface area contributed by atoms with Crippen LogP contribution in [0.2, 0.25) is 0 Å². The molecule has 12 heteroatoms. The fourth-order valence-electron chi connectivity index (χ4n) is 3.42. The average molecular weight is 552 g/mol. The summed E-state index contributed by atoms with van der Waals surface area (Å²) in [5.74, 6) is -1.84. The van der Waals surface area contributed by atoms with Crippen molar-refractivity contribution in [3.8, 4) is 17.1 Å². The van der Waals surface area contributed by atoms with Gasteiger partial charge in [0.15, 0.2) is 5.69 Å². The summed E-state index contributed by atoms with van der Waals surface area (Å²) in [6.07, 6.45) is 0.276. The van der Waals surface area contributed by atoms with Crippen LogP contribution in [0.15, 0.2) is 29.1 Å². The maximum absolute atomic E-state index is 13.1. The summed E-state index contributed by atoms with van der Waals surface area (Å²) in [5.41, 5.74) is -0.423. The Morgan fingerprint density at radius 2 is 1.66 bits per heavy atom. The van der Waals surface area contributed by atoms with Crippen LogP contribution < -0.4 is 10.3 Å². The lowest BCUT2D eigenvalue weighted by atomic mass is 9.97. The van der Waals surface area contributed by atoms with E-state index in [1.54, 1.807) is 46.8 Å². The van der Waals surface area contributed by atoms with Crippen molar-refractivity contribution in [2.45, 2.75) is 41.2 Å². The van der Waals surface area contributed by atoms with E-state index in [2.05, 4.69) is 4.98 Å². The summed E-state index contributed by atoms with van der Waals surface area (Å²) in [7, 11) is 1.42. The number of benzene rings is 1. The average Bonchev–Trinajstić information content (AvgIpc) is 2.85. The molecule has 0 aliphatic rings. The smallest absolute Gasteiger partial charge is 0.360 e. The van der Waals surface area contributed by atoms with Crippen LogP contribution in [0.3, 0.4) is 0 Å². The normalized spacial score (nSPS) is 12.0. The van der Waals surface area contributed by atoms with Crippen LogP contribution in [0, 0.1) is 5.41 Å². The molecule has 0 amide bonds. The van der Waals surface area contributed by atoms with E-state index in [9.17, 15) is 18.9 Å². The van der Waals surface area contributed by atoms with Crippen molar-refractivity contribution >= 4 is 19.5 Å². The molecule has 0 fully saturated rings. The van der Waals surface area contributed by atoms with E-state index in [1.807, 2.05) is 24.1 Å². The molecule has 38 heavy (non-hydrogen) atoms. The van der Waals surface area contributed by atoms with Crippen molar-refractivity contribution in [1.82, 2.24) is 14.5 Å². The zero-order valence-electron chi connectivity index (χ0n) is 23.4. The molecule has 11 nitrogen and oxygen atoms in total. The zero-order valence-corrected chi connectivity index (χ0v) is 24.3. The number of hydrogen-bond donors (Lipinski definition) is 0. The third-order valence-electron chi connectivity index (χ3n) is 5.51. The van der Waals surface area contributed by atoms with E-state index in [-0.39, 0.29) is 17.7 Å². The fraction of sp³-hybridized carbons (Fsp3) is 0.538. The molecule has 0 atom stereocenters. The summed E-state index contributed by atoms with van der Waals surface area (Å²) < 4.78 is 34.7. The number of aromatic nitrogens is 2. The maximum atomic E-state index is 13.1. The van der Waals surface area contributed by atoms with Crippen LogP contribution in [0.1, 0.15) is 50.7 Å². The van der Waals surface area contributed by atoms with E-state index in [0.717, 1.165) is 12.7 Å². The molecule has 1 aromatic carbocycles. The SMILES string of the molecule is CCOP(=O)(CCN(C)Cc1ccc(-c2nc(C(=O)OC)c(OC(=O)C(C)(C)C)c(=O)n2C)cc1)OCC. The summed E-state index contributed by atoms with van der Waals surface area (Å²) >= 11 is 0. The first-order chi connectivity index (χ1) is 17.8. The Labute approximate surface area is 223 Å². The summed E-state index contributed by atoms with van der Waals surface area (Å²) in [4.78, 5) is 44.3. The second kappa shape index (κ2) is 13.3. The van der Waals surface area contributed by atoms with Gasteiger partial charge in [0.25, 0.3) is 5.56 Å². The molecule has 0 spiro atoms. The van der Waals surface area contributed by atoms with Crippen molar-refractivity contribution < 1.29 is 32.7 Å². The van der Waals surface area contributed by atoms with Crippen LogP contribution >= 0.6 is 7.60 Å². The van der Waals surface area contributed by atoms with Gasteiger partial charge in [0.2, 0.25) is 5.75 Å². The third-order valence-corrected chi connectivity index (χ3v) is 7.56. The van der Waals surface area contributed by atoms with Gasteiger partial charge in [0, 0.05) is 25.7 Å². The third kappa shape index (κ3) is 8.07. The van der Waals surface area contributed by atoms with Gasteiger partial charge in [-0.15, -0.1) is 0 Å². The zero-order chi connectivity index (χ0) is 28.7. The minimum Gasteiger partial charge on any atom is -0.464 e. The summed E-state index contributed by atoms with van der Waals surface area (Å²) in [5, 5.41) is 0. The van der Waals surface area contributed by atoms with E-state index in [0.29, 0.717) is 31.9 Å². The molecule has 0 aliphatic heterocycles. The van der Waals surface area contributed by atoms with Gasteiger partial charge in [-0.05, 0) is 47.2 Å². The fourth-order valence-corrected chi connectivity index (χ4v) is 5.12. The maximum Gasteiger partial charge on any atom is 0.360 e. The van der Waals surface area contributed by atoms with Crippen LogP contribution in [0.5, 0.6) is 5.75 Å². The highest BCUT2D eigenvalue weighted by molar-refractivity contribution is 7.53. The van der Waals surface area contributed by atoms with Crippen LogP contribution in [-0.2, 0) is 36.7 Å². The number of hydrogen-bond acceptors (Lipinski definition) is 10. The topological polar surface area (TPSA) is 126 Å². The Kier molecular flexibility index (Phi) is 11.0. The molecular weight excluding hydrogens is 513 g/mol. The molecular formula is C26H38N3O8P. The Hall–Kier alpha value is -2.85. The lowest BCUT2D eigenvalue weighted by molar-refractivity contribution is -0.143. The first-order valence-corrected chi connectivity index (χ1v) is 14.1. The summed E-state index contributed by atoms with van der Waals surface area (Å²) in [6, 6.07) is 7.29. The standard InChI is InChI=1S/C26H38N3O8P/c1-9-35-38(33,36-10-2)16-15-28(6)17-18-11-13-19(14-12-18)22-27-20(24(31)34-8)21(23(30)29(22)7)37-25(32)26(3,4)5/h11-14H,9-10,15-17H2,1-8H3. The Morgan fingerprint density at radius 1 is 1.08 bits per heavy atom. The highest BCUT2D eigenvalue weighted by atomic mass is 31.2. The number of esters is 2. The molecule has 1 heterocycles. The monoisotopic (exact) mass is 551 g/mol. The first-order valence-electron chi connectivity index (χ1n) is 12.3. The number of methoxy groups -OCH3 is 1. The molecule has 0 aliphatic carbocycles. The van der Waals surface area contributed by atoms with E-state index in [4.69, 9.17) is 18.5 Å². The molecule has 2 rings (SSSR count). The second-order valence-electron chi connectivity index (χ2n) is 9.71. The largest absolute Gasteiger partial charge is 0.464 e. The molecule has 0 unspecified atom stereocenters. The molecule has 0 N–H and O–H groups in total. The lowest BCUT2D eigenvalue weighted by Crippen LogP contribution is -2.32. The van der Waals surface area contributed by atoms with Gasteiger partial charge in [0.1, 0.15) is 5.82 Å². The van der Waals surface area contributed by atoms with Crippen molar-refractivity contribution in [2.75, 3.05) is 40.1 Å². The predicted octanol–water partition coefficient (Wildman–Crippen LogP) is 3.88. The Balaban J connectivity index is 2.29. The molecule has 1 aromatic heterocycles. The van der Waals surface area contributed by atoms with Gasteiger partial charge in [-0.3, -0.25) is 18.7 Å². The minimum atomic E-state index is -3.13. The van der Waals surface area contributed by atoms with Crippen molar-refractivity contribution in [2.24, 2.45) is 12.5 Å². The number of rotatable bonds is 12. The van der Waals surface area contributed by atoms with Crippen LogP contribution in [0.4, 0.5) is 0 Å². The number of nitrogens with zero attached hydrogens (tertiary/aromatic N) is 3. The Morgan fingerprint density at radius 3 is 2.16 bits per heavy atom. The first kappa shape index (κ1) is 31.4. The van der Waals surface area contributed by atoms with Crippen LogP contribution in [0.25, 0.3) is 11.4 Å². The summed E-state index contributed by atoms with van der Waals surface area (Å²) in [6.45, 7) is 10.2. The molecule has 0 saturated carbocycles. The van der Waals surface area contributed by atoms with Crippen molar-refractivity contribution in [3.63, 3.8) is 0 Å². The molecule has 2 aromatic rings. The number of carbonyl (C=O) groups excluding carboxylic acids is 2. The molecule has 0 saturated heterocycles. The van der Waals surface area contributed by atoms with Gasteiger partial charge in [-0.2, -0.15) is 0 Å². The molecule has 0 bridgehead atoms. The van der Waals surface area contributed by atoms with E-state index >= 15 is 0 Å².